The number of ether oxygens (including phenoxy) is 1. The van der Waals surface area contributed by atoms with Gasteiger partial charge in [0.15, 0.2) is 11.5 Å². The number of hydrogen-bond donors (Lipinski definition) is 0. The van der Waals surface area contributed by atoms with Crippen LogP contribution >= 0.6 is 0 Å². The maximum absolute atomic E-state index is 13.3. The topological polar surface area (TPSA) is 72.9 Å². The van der Waals surface area contributed by atoms with Gasteiger partial charge in [0.2, 0.25) is 0 Å². The van der Waals surface area contributed by atoms with E-state index in [2.05, 4.69) is 0 Å². The first-order valence-corrected chi connectivity index (χ1v) is 12.9. The van der Waals surface area contributed by atoms with E-state index in [0.717, 1.165) is 23.8 Å². The van der Waals surface area contributed by atoms with Gasteiger partial charge in [-0.15, -0.1) is 0 Å². The Morgan fingerprint density at radius 2 is 1.68 bits per heavy atom. The second kappa shape index (κ2) is 11.2. The van der Waals surface area contributed by atoms with Crippen LogP contribution in [0.5, 0.6) is 11.5 Å². The first-order valence-electron chi connectivity index (χ1n) is 11.5. The summed E-state index contributed by atoms with van der Waals surface area (Å²) in [6.45, 7) is 5.92. The van der Waals surface area contributed by atoms with Crippen LogP contribution in [0.4, 0.5) is 13.2 Å². The standard InChI is InChI=1S/C27H28F3NO5S/c1-5-19(3)31(26(32)21-12-9-18(2)10-13-21)17-20-11-14-24(35-4)25(15-20)36-37(33,34)23-8-6-7-22(16-23)27(28,29)30/h6-16,19H,5,17H2,1-4H3. The predicted octanol–water partition coefficient (Wildman–Crippen LogP) is 6.23. The van der Waals surface area contributed by atoms with E-state index in [1.165, 1.54) is 19.2 Å². The molecule has 0 aromatic heterocycles. The lowest BCUT2D eigenvalue weighted by atomic mass is 10.1. The molecule has 0 spiro atoms. The van der Waals surface area contributed by atoms with Crippen LogP contribution in [-0.2, 0) is 22.8 Å². The maximum Gasteiger partial charge on any atom is 0.416 e. The number of hydrogen-bond acceptors (Lipinski definition) is 5. The minimum atomic E-state index is -4.72. The Balaban J connectivity index is 1.93. The number of rotatable bonds is 9. The summed E-state index contributed by atoms with van der Waals surface area (Å²) in [4.78, 5) is 14.3. The third-order valence-corrected chi connectivity index (χ3v) is 7.14. The molecular formula is C27H28F3NO5S. The number of carbonyl (C=O) groups is 1. The van der Waals surface area contributed by atoms with E-state index < -0.39 is 26.8 Å². The summed E-state index contributed by atoms with van der Waals surface area (Å²) in [6.07, 6.45) is -4.03. The molecule has 3 rings (SSSR count). The molecule has 3 aromatic rings. The summed E-state index contributed by atoms with van der Waals surface area (Å²) in [7, 11) is -3.31. The molecule has 0 saturated heterocycles. The average Bonchev–Trinajstić information content (AvgIpc) is 2.86. The summed E-state index contributed by atoms with van der Waals surface area (Å²) < 4.78 is 75.4. The molecular weight excluding hydrogens is 507 g/mol. The Morgan fingerprint density at radius 3 is 2.27 bits per heavy atom. The smallest absolute Gasteiger partial charge is 0.416 e. The molecule has 0 heterocycles. The third-order valence-electron chi connectivity index (χ3n) is 5.91. The van der Waals surface area contributed by atoms with Crippen molar-refractivity contribution in [1.29, 1.82) is 0 Å². The molecule has 0 bridgehead atoms. The van der Waals surface area contributed by atoms with Crippen LogP contribution in [0.25, 0.3) is 0 Å². The van der Waals surface area contributed by atoms with E-state index in [9.17, 15) is 26.4 Å². The second-order valence-electron chi connectivity index (χ2n) is 8.60. The van der Waals surface area contributed by atoms with Gasteiger partial charge in [0.05, 0.1) is 12.7 Å². The van der Waals surface area contributed by atoms with Gasteiger partial charge in [-0.05, 0) is 68.3 Å². The van der Waals surface area contributed by atoms with E-state index in [1.807, 2.05) is 32.9 Å². The molecule has 0 radical (unpaired) electrons. The summed E-state index contributed by atoms with van der Waals surface area (Å²) in [5, 5.41) is 0. The van der Waals surface area contributed by atoms with Crippen LogP contribution in [0.2, 0.25) is 0 Å². The average molecular weight is 536 g/mol. The van der Waals surface area contributed by atoms with Crippen LogP contribution in [-0.4, -0.2) is 32.4 Å². The van der Waals surface area contributed by atoms with Gasteiger partial charge < -0.3 is 13.8 Å². The molecule has 6 nitrogen and oxygen atoms in total. The van der Waals surface area contributed by atoms with Gasteiger partial charge in [-0.25, -0.2) is 0 Å². The molecule has 0 saturated carbocycles. The van der Waals surface area contributed by atoms with Crippen LogP contribution in [0.1, 0.15) is 47.3 Å². The SMILES string of the molecule is CCC(C)N(Cc1ccc(OC)c(OS(=O)(=O)c2cccc(C(F)(F)F)c2)c1)C(=O)c1ccc(C)cc1. The van der Waals surface area contributed by atoms with Crippen molar-refractivity contribution in [2.75, 3.05) is 7.11 Å². The Bertz CT molecular complexity index is 1360. The zero-order valence-corrected chi connectivity index (χ0v) is 21.7. The molecule has 1 unspecified atom stereocenters. The van der Waals surface area contributed by atoms with Gasteiger partial charge in [-0.1, -0.05) is 36.8 Å². The Labute approximate surface area is 214 Å². The van der Waals surface area contributed by atoms with Crippen molar-refractivity contribution in [3.8, 4) is 11.5 Å². The van der Waals surface area contributed by atoms with Gasteiger partial charge in [0.1, 0.15) is 4.90 Å². The number of alkyl halides is 3. The molecule has 0 aliphatic heterocycles. The number of halogens is 3. The first-order chi connectivity index (χ1) is 17.4. The first kappa shape index (κ1) is 28.0. The number of amides is 1. The molecule has 1 amide bonds. The van der Waals surface area contributed by atoms with Crippen LogP contribution in [0.3, 0.4) is 0 Å². The normalized spacial score (nSPS) is 12.6. The predicted molar refractivity (Wildman–Crippen MR) is 133 cm³/mol. The second-order valence-corrected chi connectivity index (χ2v) is 10.2. The van der Waals surface area contributed by atoms with E-state index in [0.29, 0.717) is 23.6 Å². The molecule has 37 heavy (non-hydrogen) atoms. The molecule has 3 aromatic carbocycles. The van der Waals surface area contributed by atoms with Crippen LogP contribution < -0.4 is 8.92 Å². The summed E-state index contributed by atoms with van der Waals surface area (Å²) in [6, 6.07) is 14.9. The van der Waals surface area contributed by atoms with Crippen molar-refractivity contribution in [3.63, 3.8) is 0 Å². The Morgan fingerprint density at radius 1 is 1.00 bits per heavy atom. The molecule has 0 aliphatic carbocycles. The highest BCUT2D eigenvalue weighted by Gasteiger charge is 2.32. The molecule has 0 N–H and O–H groups in total. The van der Waals surface area contributed by atoms with E-state index in [4.69, 9.17) is 8.92 Å². The van der Waals surface area contributed by atoms with Gasteiger partial charge in [-0.2, -0.15) is 21.6 Å². The highest BCUT2D eigenvalue weighted by molar-refractivity contribution is 7.87. The van der Waals surface area contributed by atoms with Crippen molar-refractivity contribution in [3.05, 3.63) is 89.0 Å². The lowest BCUT2D eigenvalue weighted by molar-refractivity contribution is -0.137. The largest absolute Gasteiger partial charge is 0.493 e. The zero-order chi connectivity index (χ0) is 27.4. The zero-order valence-electron chi connectivity index (χ0n) is 20.9. The van der Waals surface area contributed by atoms with Gasteiger partial charge in [0, 0.05) is 18.2 Å². The lowest BCUT2D eigenvalue weighted by Gasteiger charge is -2.29. The molecule has 10 heteroatoms. The third kappa shape index (κ3) is 6.82. The maximum atomic E-state index is 13.3. The summed E-state index contributed by atoms with van der Waals surface area (Å²) >= 11 is 0. The number of benzene rings is 3. The Hall–Kier alpha value is -3.53. The van der Waals surface area contributed by atoms with Crippen molar-refractivity contribution in [1.82, 2.24) is 4.90 Å². The molecule has 0 aliphatic rings. The quantitative estimate of drug-likeness (QED) is 0.304. The van der Waals surface area contributed by atoms with Crippen molar-refractivity contribution < 1.29 is 35.3 Å². The number of aryl methyl sites for hydroxylation is 1. The van der Waals surface area contributed by atoms with Crippen molar-refractivity contribution in [2.45, 2.75) is 50.9 Å². The molecule has 1 atom stereocenters. The van der Waals surface area contributed by atoms with E-state index >= 15 is 0 Å². The van der Waals surface area contributed by atoms with Gasteiger partial charge in [-0.3, -0.25) is 4.79 Å². The highest BCUT2D eigenvalue weighted by Crippen LogP contribution is 2.34. The molecule has 0 fully saturated rings. The Kier molecular flexibility index (Phi) is 8.53. The van der Waals surface area contributed by atoms with Crippen molar-refractivity contribution >= 4 is 16.0 Å². The lowest BCUT2D eigenvalue weighted by Crippen LogP contribution is -2.37. The fraction of sp³-hybridized carbons (Fsp3) is 0.296. The monoisotopic (exact) mass is 535 g/mol. The minimum Gasteiger partial charge on any atom is -0.493 e. The van der Waals surface area contributed by atoms with Gasteiger partial charge in [0.25, 0.3) is 5.91 Å². The fourth-order valence-electron chi connectivity index (χ4n) is 3.59. The number of nitrogens with zero attached hydrogens (tertiary/aromatic N) is 1. The van der Waals surface area contributed by atoms with E-state index in [1.54, 1.807) is 23.1 Å². The van der Waals surface area contributed by atoms with Crippen LogP contribution in [0.15, 0.2) is 71.6 Å². The summed E-state index contributed by atoms with van der Waals surface area (Å²) in [5.74, 6) is -0.326. The number of carbonyl (C=O) groups excluding carboxylic acids is 1. The fourth-order valence-corrected chi connectivity index (χ4v) is 4.57. The summed E-state index contributed by atoms with van der Waals surface area (Å²) in [5.41, 5.74) is 0.973. The molecule has 198 valence electrons. The highest BCUT2D eigenvalue weighted by atomic mass is 32.2. The number of methoxy groups -OCH3 is 1. The van der Waals surface area contributed by atoms with E-state index in [-0.39, 0.29) is 30.0 Å². The minimum absolute atomic E-state index is 0.0688. The van der Waals surface area contributed by atoms with Crippen molar-refractivity contribution in [2.24, 2.45) is 0 Å². The van der Waals surface area contributed by atoms with Gasteiger partial charge >= 0.3 is 16.3 Å². The van der Waals surface area contributed by atoms with Crippen LogP contribution in [0, 0.1) is 6.92 Å².